The maximum Gasteiger partial charge on any atom is 0.288 e. The van der Waals surface area contributed by atoms with Crippen molar-refractivity contribution in [2.75, 3.05) is 0 Å². The average molecular weight is 303 g/mol. The van der Waals surface area contributed by atoms with E-state index in [4.69, 9.17) is 11.6 Å². The molecule has 1 saturated carbocycles. The minimum absolute atomic E-state index is 0.0358. The van der Waals surface area contributed by atoms with Gasteiger partial charge in [0, 0.05) is 24.6 Å². The van der Waals surface area contributed by atoms with E-state index in [1.54, 1.807) is 6.07 Å². The highest BCUT2D eigenvalue weighted by Gasteiger charge is 2.37. The van der Waals surface area contributed by atoms with Crippen LogP contribution in [0.4, 0.5) is 5.69 Å². The molecule has 5 heteroatoms. The highest BCUT2D eigenvalue weighted by Crippen LogP contribution is 2.40. The molecule has 21 heavy (non-hydrogen) atoms. The van der Waals surface area contributed by atoms with Crippen LogP contribution in [0, 0.1) is 10.1 Å². The average Bonchev–Trinajstić information content (AvgIpc) is 3.27. The normalized spacial score (nSPS) is 20.2. The molecular formula is C16H15ClN2O2. The SMILES string of the molecule is O=[N+]([O-])c1cc(CN[C@H]2C[C@@H]2c2ccccc2)ccc1Cl. The summed E-state index contributed by atoms with van der Waals surface area (Å²) in [5, 5.41) is 14.5. The Kier molecular flexibility index (Phi) is 3.90. The Morgan fingerprint density at radius 3 is 2.71 bits per heavy atom. The lowest BCUT2D eigenvalue weighted by Crippen LogP contribution is -2.17. The van der Waals surface area contributed by atoms with Gasteiger partial charge in [0.15, 0.2) is 0 Å². The summed E-state index contributed by atoms with van der Waals surface area (Å²) in [6, 6.07) is 15.8. The molecule has 1 fully saturated rings. The van der Waals surface area contributed by atoms with Gasteiger partial charge in [0.2, 0.25) is 0 Å². The lowest BCUT2D eigenvalue weighted by molar-refractivity contribution is -0.384. The zero-order valence-corrected chi connectivity index (χ0v) is 12.1. The molecule has 3 rings (SSSR count). The number of nitrogens with zero attached hydrogens (tertiary/aromatic N) is 1. The van der Waals surface area contributed by atoms with Crippen molar-refractivity contribution in [1.82, 2.24) is 5.32 Å². The predicted octanol–water partition coefficient (Wildman–Crippen LogP) is 3.89. The summed E-state index contributed by atoms with van der Waals surface area (Å²) in [7, 11) is 0. The molecule has 0 unspecified atom stereocenters. The van der Waals surface area contributed by atoms with Gasteiger partial charge in [0.05, 0.1) is 4.92 Å². The molecule has 2 aromatic carbocycles. The van der Waals surface area contributed by atoms with E-state index in [0.717, 1.165) is 12.0 Å². The van der Waals surface area contributed by atoms with E-state index in [0.29, 0.717) is 18.5 Å². The first-order chi connectivity index (χ1) is 10.1. The Hall–Kier alpha value is -1.91. The molecule has 2 atom stereocenters. The number of rotatable bonds is 5. The number of benzene rings is 2. The van der Waals surface area contributed by atoms with Crippen molar-refractivity contribution in [3.8, 4) is 0 Å². The minimum Gasteiger partial charge on any atom is -0.309 e. The second-order valence-corrected chi connectivity index (χ2v) is 5.69. The zero-order chi connectivity index (χ0) is 14.8. The van der Waals surface area contributed by atoms with Gasteiger partial charge in [-0.15, -0.1) is 0 Å². The number of nitro benzene ring substituents is 1. The van der Waals surface area contributed by atoms with Crippen molar-refractivity contribution in [2.24, 2.45) is 0 Å². The van der Waals surface area contributed by atoms with E-state index in [9.17, 15) is 10.1 Å². The van der Waals surface area contributed by atoms with Crippen LogP contribution in [0.15, 0.2) is 48.5 Å². The smallest absolute Gasteiger partial charge is 0.288 e. The topological polar surface area (TPSA) is 55.2 Å². The second kappa shape index (κ2) is 5.84. The summed E-state index contributed by atoms with van der Waals surface area (Å²) in [6.07, 6.45) is 1.11. The Morgan fingerprint density at radius 2 is 2.00 bits per heavy atom. The van der Waals surface area contributed by atoms with Crippen molar-refractivity contribution in [2.45, 2.75) is 24.9 Å². The number of halogens is 1. The van der Waals surface area contributed by atoms with Crippen LogP contribution in [0.25, 0.3) is 0 Å². The zero-order valence-electron chi connectivity index (χ0n) is 11.3. The van der Waals surface area contributed by atoms with Crippen LogP contribution < -0.4 is 5.32 Å². The van der Waals surface area contributed by atoms with Gasteiger partial charge >= 0.3 is 0 Å². The molecule has 1 aliphatic rings. The Morgan fingerprint density at radius 1 is 1.24 bits per heavy atom. The highest BCUT2D eigenvalue weighted by molar-refractivity contribution is 6.32. The van der Waals surface area contributed by atoms with Crippen LogP contribution in [0.5, 0.6) is 0 Å². The fraction of sp³-hybridized carbons (Fsp3) is 0.250. The number of nitro groups is 1. The fourth-order valence-corrected chi connectivity index (χ4v) is 2.73. The van der Waals surface area contributed by atoms with Crippen molar-refractivity contribution < 1.29 is 4.92 Å². The summed E-state index contributed by atoms with van der Waals surface area (Å²) in [5.41, 5.74) is 2.19. The Bertz CT molecular complexity index is 661. The largest absolute Gasteiger partial charge is 0.309 e. The maximum absolute atomic E-state index is 10.9. The van der Waals surface area contributed by atoms with Crippen molar-refractivity contribution in [3.63, 3.8) is 0 Å². The summed E-state index contributed by atoms with van der Waals surface area (Å²) >= 11 is 5.81. The quantitative estimate of drug-likeness (QED) is 0.673. The third-order valence-corrected chi connectivity index (χ3v) is 4.11. The molecule has 108 valence electrons. The number of hydrogen-bond donors (Lipinski definition) is 1. The van der Waals surface area contributed by atoms with Gasteiger partial charge in [-0.2, -0.15) is 0 Å². The number of hydrogen-bond acceptors (Lipinski definition) is 3. The third-order valence-electron chi connectivity index (χ3n) is 3.79. The van der Waals surface area contributed by atoms with Crippen LogP contribution in [0.3, 0.4) is 0 Å². The standard InChI is InChI=1S/C16H15ClN2O2/c17-14-7-6-11(8-16(14)19(20)21)10-18-15-9-13(15)12-4-2-1-3-5-12/h1-8,13,15,18H,9-10H2/t13-,15+/m1/s1. The molecule has 4 nitrogen and oxygen atoms in total. The molecule has 0 radical (unpaired) electrons. The van der Waals surface area contributed by atoms with E-state index in [1.165, 1.54) is 11.6 Å². The summed E-state index contributed by atoms with van der Waals surface area (Å²) in [4.78, 5) is 10.4. The summed E-state index contributed by atoms with van der Waals surface area (Å²) < 4.78 is 0. The monoisotopic (exact) mass is 302 g/mol. The van der Waals surface area contributed by atoms with Gasteiger partial charge in [-0.1, -0.05) is 48.0 Å². The number of nitrogens with one attached hydrogen (secondary N) is 1. The molecule has 0 saturated heterocycles. The molecule has 0 bridgehead atoms. The van der Waals surface area contributed by atoms with Crippen LogP contribution in [-0.2, 0) is 6.54 Å². The van der Waals surface area contributed by atoms with E-state index in [-0.39, 0.29) is 10.7 Å². The highest BCUT2D eigenvalue weighted by atomic mass is 35.5. The molecule has 2 aromatic rings. The van der Waals surface area contributed by atoms with Gasteiger partial charge in [0.25, 0.3) is 5.69 Å². The summed E-state index contributed by atoms with van der Waals surface area (Å²) in [6.45, 7) is 0.617. The molecule has 1 aliphatic carbocycles. The lowest BCUT2D eigenvalue weighted by atomic mass is 10.1. The first kappa shape index (κ1) is 14.0. The molecule has 0 aromatic heterocycles. The van der Waals surface area contributed by atoms with Crippen LogP contribution in [-0.4, -0.2) is 11.0 Å². The van der Waals surface area contributed by atoms with Gasteiger partial charge < -0.3 is 5.32 Å². The fourth-order valence-electron chi connectivity index (χ4n) is 2.55. The molecule has 0 heterocycles. The van der Waals surface area contributed by atoms with Crippen molar-refractivity contribution in [1.29, 1.82) is 0 Å². The third kappa shape index (κ3) is 3.23. The van der Waals surface area contributed by atoms with E-state index >= 15 is 0 Å². The van der Waals surface area contributed by atoms with E-state index in [2.05, 4.69) is 17.4 Å². The van der Waals surface area contributed by atoms with E-state index < -0.39 is 4.92 Å². The Labute approximate surface area is 127 Å². The van der Waals surface area contributed by atoms with Crippen LogP contribution in [0.2, 0.25) is 5.02 Å². The lowest BCUT2D eigenvalue weighted by Gasteiger charge is -2.05. The van der Waals surface area contributed by atoms with Gasteiger partial charge in [-0.3, -0.25) is 10.1 Å². The van der Waals surface area contributed by atoms with E-state index in [1.807, 2.05) is 24.3 Å². The predicted molar refractivity (Wildman–Crippen MR) is 82.5 cm³/mol. The van der Waals surface area contributed by atoms with Gasteiger partial charge in [-0.05, 0) is 23.6 Å². The first-order valence-electron chi connectivity index (χ1n) is 6.86. The minimum atomic E-state index is -0.449. The van der Waals surface area contributed by atoms with Gasteiger partial charge in [0.1, 0.15) is 5.02 Å². The van der Waals surface area contributed by atoms with Crippen molar-refractivity contribution >= 4 is 17.3 Å². The maximum atomic E-state index is 10.9. The van der Waals surface area contributed by atoms with Crippen molar-refractivity contribution in [3.05, 3.63) is 74.8 Å². The van der Waals surface area contributed by atoms with Crippen LogP contribution in [0.1, 0.15) is 23.5 Å². The van der Waals surface area contributed by atoms with Crippen LogP contribution >= 0.6 is 11.6 Å². The molecular weight excluding hydrogens is 288 g/mol. The Balaban J connectivity index is 1.60. The van der Waals surface area contributed by atoms with Gasteiger partial charge in [-0.25, -0.2) is 0 Å². The summed E-state index contributed by atoms with van der Waals surface area (Å²) in [5.74, 6) is 0.550. The first-order valence-corrected chi connectivity index (χ1v) is 7.24. The second-order valence-electron chi connectivity index (χ2n) is 5.28. The molecule has 0 spiro atoms. The molecule has 1 N–H and O–H groups in total. The molecule has 0 amide bonds. The molecule has 0 aliphatic heterocycles.